The van der Waals surface area contributed by atoms with Crippen LogP contribution in [0.25, 0.3) is 0 Å². The first-order valence-corrected chi connectivity index (χ1v) is 9.25. The summed E-state index contributed by atoms with van der Waals surface area (Å²) in [5.41, 5.74) is 4.38. The second-order valence-electron chi connectivity index (χ2n) is 6.38. The van der Waals surface area contributed by atoms with Gasteiger partial charge >= 0.3 is 0 Å². The highest BCUT2D eigenvalue weighted by Crippen LogP contribution is 2.19. The Hall–Kier alpha value is -3.08. The van der Waals surface area contributed by atoms with Gasteiger partial charge in [-0.1, -0.05) is 37.3 Å². The van der Waals surface area contributed by atoms with Crippen molar-refractivity contribution in [1.29, 1.82) is 0 Å². The van der Waals surface area contributed by atoms with Crippen LogP contribution in [-0.2, 0) is 12.8 Å². The summed E-state index contributed by atoms with van der Waals surface area (Å²) in [5.74, 6) is 2.32. The number of anilines is 3. The van der Waals surface area contributed by atoms with Gasteiger partial charge in [0.1, 0.15) is 11.6 Å². The predicted octanol–water partition coefficient (Wildman–Crippen LogP) is 4.75. The molecule has 0 radical (unpaired) electrons. The molecule has 0 fully saturated rings. The SMILES string of the molecule is CCc1ccc(Nc2nc(C)cc(NCCc3ccccc3OC)n2)cc1. The van der Waals surface area contributed by atoms with Crippen molar-refractivity contribution >= 4 is 17.5 Å². The molecule has 2 N–H and O–H groups in total. The molecule has 3 rings (SSSR count). The van der Waals surface area contributed by atoms with E-state index in [9.17, 15) is 0 Å². The second-order valence-corrected chi connectivity index (χ2v) is 6.38. The maximum atomic E-state index is 5.41. The Labute approximate surface area is 160 Å². The summed E-state index contributed by atoms with van der Waals surface area (Å²) in [6.45, 7) is 4.88. The average molecular weight is 362 g/mol. The maximum absolute atomic E-state index is 5.41. The number of ether oxygens (including phenoxy) is 1. The first-order chi connectivity index (χ1) is 13.2. The Bertz CT molecular complexity index is 878. The number of hydrogen-bond acceptors (Lipinski definition) is 5. The summed E-state index contributed by atoms with van der Waals surface area (Å²) >= 11 is 0. The van der Waals surface area contributed by atoms with Gasteiger partial charge in [0.15, 0.2) is 0 Å². The Kier molecular flexibility index (Phi) is 6.26. The van der Waals surface area contributed by atoms with E-state index in [2.05, 4.69) is 57.9 Å². The van der Waals surface area contributed by atoms with Crippen molar-refractivity contribution in [2.24, 2.45) is 0 Å². The number of nitrogens with one attached hydrogen (secondary N) is 2. The van der Waals surface area contributed by atoms with Gasteiger partial charge in [-0.25, -0.2) is 4.98 Å². The van der Waals surface area contributed by atoms with E-state index in [-0.39, 0.29) is 0 Å². The Balaban J connectivity index is 1.64. The Morgan fingerprint density at radius 2 is 1.78 bits per heavy atom. The summed E-state index contributed by atoms with van der Waals surface area (Å²) in [7, 11) is 1.70. The molecule has 0 aliphatic rings. The van der Waals surface area contributed by atoms with Crippen LogP contribution in [0.5, 0.6) is 5.75 Å². The van der Waals surface area contributed by atoms with Crippen LogP contribution < -0.4 is 15.4 Å². The minimum absolute atomic E-state index is 0.596. The van der Waals surface area contributed by atoms with Gasteiger partial charge in [-0.3, -0.25) is 0 Å². The lowest BCUT2D eigenvalue weighted by Crippen LogP contribution is -2.09. The number of para-hydroxylation sites is 1. The van der Waals surface area contributed by atoms with E-state index < -0.39 is 0 Å². The first kappa shape index (κ1) is 18.7. The molecular formula is C22H26N4O. The van der Waals surface area contributed by atoms with Crippen LogP contribution in [0.1, 0.15) is 23.7 Å². The third-order valence-corrected chi connectivity index (χ3v) is 4.37. The minimum Gasteiger partial charge on any atom is -0.496 e. The maximum Gasteiger partial charge on any atom is 0.229 e. The lowest BCUT2D eigenvalue weighted by Gasteiger charge is -2.11. The van der Waals surface area contributed by atoms with Gasteiger partial charge in [0, 0.05) is 24.0 Å². The van der Waals surface area contributed by atoms with E-state index >= 15 is 0 Å². The minimum atomic E-state index is 0.596. The second kappa shape index (κ2) is 9.03. The monoisotopic (exact) mass is 362 g/mol. The molecule has 5 nitrogen and oxygen atoms in total. The summed E-state index contributed by atoms with van der Waals surface area (Å²) in [5, 5.41) is 6.66. The summed E-state index contributed by atoms with van der Waals surface area (Å²) in [6, 6.07) is 18.4. The number of benzene rings is 2. The first-order valence-electron chi connectivity index (χ1n) is 9.25. The largest absolute Gasteiger partial charge is 0.496 e. The summed E-state index contributed by atoms with van der Waals surface area (Å²) in [4.78, 5) is 9.06. The molecule has 1 heterocycles. The molecule has 1 aromatic heterocycles. The van der Waals surface area contributed by atoms with E-state index in [1.54, 1.807) is 7.11 Å². The fourth-order valence-electron chi connectivity index (χ4n) is 2.90. The lowest BCUT2D eigenvalue weighted by molar-refractivity contribution is 0.410. The van der Waals surface area contributed by atoms with Crippen LogP contribution in [-0.4, -0.2) is 23.6 Å². The molecule has 2 aromatic carbocycles. The molecule has 0 aliphatic carbocycles. The summed E-state index contributed by atoms with van der Waals surface area (Å²) in [6.07, 6.45) is 1.88. The zero-order valence-electron chi connectivity index (χ0n) is 16.1. The highest BCUT2D eigenvalue weighted by atomic mass is 16.5. The molecular weight excluding hydrogens is 336 g/mol. The van der Waals surface area contributed by atoms with Crippen LogP contribution in [0.4, 0.5) is 17.5 Å². The van der Waals surface area contributed by atoms with Crippen molar-refractivity contribution in [3.63, 3.8) is 0 Å². The molecule has 5 heteroatoms. The van der Waals surface area contributed by atoms with Crippen molar-refractivity contribution < 1.29 is 4.74 Å². The van der Waals surface area contributed by atoms with Crippen LogP contribution in [0, 0.1) is 6.92 Å². The molecule has 0 unspecified atom stereocenters. The van der Waals surface area contributed by atoms with Crippen molar-refractivity contribution in [3.8, 4) is 5.75 Å². The highest BCUT2D eigenvalue weighted by molar-refractivity contribution is 5.55. The molecule has 0 saturated heterocycles. The van der Waals surface area contributed by atoms with Gasteiger partial charge in [0.25, 0.3) is 0 Å². The van der Waals surface area contributed by atoms with Gasteiger partial charge in [-0.15, -0.1) is 0 Å². The number of aryl methyl sites for hydroxylation is 2. The van der Waals surface area contributed by atoms with E-state index in [1.807, 2.05) is 31.2 Å². The third kappa shape index (κ3) is 5.20. The predicted molar refractivity (Wildman–Crippen MR) is 111 cm³/mol. The van der Waals surface area contributed by atoms with Crippen molar-refractivity contribution in [3.05, 3.63) is 71.4 Å². The van der Waals surface area contributed by atoms with Crippen LogP contribution in [0.2, 0.25) is 0 Å². The number of aromatic nitrogens is 2. The average Bonchev–Trinajstić information content (AvgIpc) is 2.68. The van der Waals surface area contributed by atoms with Crippen molar-refractivity contribution in [2.45, 2.75) is 26.7 Å². The molecule has 0 spiro atoms. The number of nitrogens with zero attached hydrogens (tertiary/aromatic N) is 2. The van der Waals surface area contributed by atoms with Crippen LogP contribution in [0.15, 0.2) is 54.6 Å². The standard InChI is InChI=1S/C22H26N4O/c1-4-17-9-11-19(12-10-17)25-22-24-16(2)15-21(26-22)23-14-13-18-7-5-6-8-20(18)27-3/h5-12,15H,4,13-14H2,1-3H3,(H2,23,24,25,26). The highest BCUT2D eigenvalue weighted by Gasteiger charge is 2.05. The van der Waals surface area contributed by atoms with E-state index in [0.717, 1.165) is 42.3 Å². The third-order valence-electron chi connectivity index (χ3n) is 4.37. The number of rotatable bonds is 8. The fourth-order valence-corrected chi connectivity index (χ4v) is 2.90. The van der Waals surface area contributed by atoms with Crippen molar-refractivity contribution in [1.82, 2.24) is 9.97 Å². The smallest absolute Gasteiger partial charge is 0.229 e. The van der Waals surface area contributed by atoms with Gasteiger partial charge in [-0.2, -0.15) is 4.98 Å². The van der Waals surface area contributed by atoms with E-state index in [1.165, 1.54) is 11.1 Å². The Morgan fingerprint density at radius 3 is 2.52 bits per heavy atom. The quantitative estimate of drug-likeness (QED) is 0.605. The van der Waals surface area contributed by atoms with Crippen LogP contribution in [0.3, 0.4) is 0 Å². The van der Waals surface area contributed by atoms with Gasteiger partial charge < -0.3 is 15.4 Å². The molecule has 27 heavy (non-hydrogen) atoms. The number of hydrogen-bond donors (Lipinski definition) is 2. The molecule has 0 saturated carbocycles. The molecule has 0 atom stereocenters. The molecule has 0 bridgehead atoms. The normalized spacial score (nSPS) is 10.5. The van der Waals surface area contributed by atoms with Crippen molar-refractivity contribution in [2.75, 3.05) is 24.3 Å². The lowest BCUT2D eigenvalue weighted by atomic mass is 10.1. The van der Waals surface area contributed by atoms with Gasteiger partial charge in [0.2, 0.25) is 5.95 Å². The number of methoxy groups -OCH3 is 1. The molecule has 0 amide bonds. The fraction of sp³-hybridized carbons (Fsp3) is 0.273. The zero-order valence-corrected chi connectivity index (χ0v) is 16.1. The topological polar surface area (TPSA) is 59.1 Å². The van der Waals surface area contributed by atoms with Crippen LogP contribution >= 0.6 is 0 Å². The molecule has 140 valence electrons. The zero-order chi connectivity index (χ0) is 19.1. The van der Waals surface area contributed by atoms with Gasteiger partial charge in [-0.05, 0) is 49.1 Å². The van der Waals surface area contributed by atoms with E-state index in [0.29, 0.717) is 5.95 Å². The van der Waals surface area contributed by atoms with E-state index in [4.69, 9.17) is 4.74 Å². The molecule has 0 aliphatic heterocycles. The van der Waals surface area contributed by atoms with Gasteiger partial charge in [0.05, 0.1) is 7.11 Å². The summed E-state index contributed by atoms with van der Waals surface area (Å²) < 4.78 is 5.41. The Morgan fingerprint density at radius 1 is 1.00 bits per heavy atom. The molecule has 3 aromatic rings.